The Morgan fingerprint density at radius 3 is 1.97 bits per heavy atom. The van der Waals surface area contributed by atoms with E-state index in [1.165, 1.54) is 0 Å². The lowest BCUT2D eigenvalue weighted by molar-refractivity contribution is -0.129. The lowest BCUT2D eigenvalue weighted by Crippen LogP contribution is -2.51. The zero-order chi connectivity index (χ0) is 22.5. The molecule has 1 N–H and O–H groups in total. The molecule has 1 aromatic heterocycles. The zero-order valence-electron chi connectivity index (χ0n) is 19.1. The van der Waals surface area contributed by atoms with Crippen molar-refractivity contribution >= 4 is 5.91 Å². The van der Waals surface area contributed by atoms with Gasteiger partial charge < -0.3 is 14.8 Å². The van der Waals surface area contributed by atoms with E-state index in [1.54, 1.807) is 0 Å². The van der Waals surface area contributed by atoms with Crippen LogP contribution in [0.15, 0.2) is 73.3 Å². The van der Waals surface area contributed by atoms with E-state index in [0.29, 0.717) is 6.04 Å². The number of amides is 1. The molecule has 0 atom stereocenters. The largest absolute Gasteiger partial charge is 0.342 e. The Labute approximate surface area is 196 Å². The van der Waals surface area contributed by atoms with Crippen LogP contribution in [0.1, 0.15) is 55.7 Å². The average molecular weight is 444 g/mol. The van der Waals surface area contributed by atoms with Crippen LogP contribution in [0.5, 0.6) is 0 Å². The van der Waals surface area contributed by atoms with E-state index in [0.717, 1.165) is 69.3 Å². The molecule has 6 nitrogen and oxygen atoms in total. The summed E-state index contributed by atoms with van der Waals surface area (Å²) < 4.78 is 2.13. The molecule has 6 heteroatoms. The van der Waals surface area contributed by atoms with Gasteiger partial charge in [0.2, 0.25) is 5.91 Å². The molecule has 2 aliphatic rings. The summed E-state index contributed by atoms with van der Waals surface area (Å²) >= 11 is 0. The van der Waals surface area contributed by atoms with Gasteiger partial charge in [-0.1, -0.05) is 67.1 Å². The molecular formula is C27H33N5O. The van der Waals surface area contributed by atoms with Gasteiger partial charge >= 0.3 is 0 Å². The Balaban J connectivity index is 1.38. The van der Waals surface area contributed by atoms with Crippen LogP contribution >= 0.6 is 0 Å². The number of likely N-dealkylation sites (tertiary alicyclic amines) is 1. The van der Waals surface area contributed by atoms with Crippen LogP contribution in [0, 0.1) is 5.92 Å². The molecular weight excluding hydrogens is 410 g/mol. The van der Waals surface area contributed by atoms with Gasteiger partial charge in [-0.25, -0.2) is 0 Å². The second-order valence-corrected chi connectivity index (χ2v) is 9.49. The summed E-state index contributed by atoms with van der Waals surface area (Å²) in [6.45, 7) is 3.02. The number of aromatic nitrogens is 3. The first-order valence-electron chi connectivity index (χ1n) is 12.2. The highest BCUT2D eigenvalue weighted by Gasteiger charge is 2.39. The van der Waals surface area contributed by atoms with E-state index < -0.39 is 5.54 Å². The first-order valence-corrected chi connectivity index (χ1v) is 12.2. The molecule has 1 saturated heterocycles. The molecule has 1 aliphatic carbocycles. The van der Waals surface area contributed by atoms with Crippen molar-refractivity contribution in [1.82, 2.24) is 25.0 Å². The second-order valence-electron chi connectivity index (χ2n) is 9.49. The fraction of sp³-hybridized carbons (Fsp3) is 0.444. The summed E-state index contributed by atoms with van der Waals surface area (Å²) in [6, 6.07) is 21.5. The summed E-state index contributed by atoms with van der Waals surface area (Å²) in [5.74, 6) is 0.344. The van der Waals surface area contributed by atoms with Gasteiger partial charge in [-0.15, -0.1) is 10.2 Å². The molecule has 0 spiro atoms. The third-order valence-corrected chi connectivity index (χ3v) is 7.56. The molecule has 1 saturated carbocycles. The summed E-state index contributed by atoms with van der Waals surface area (Å²) in [5, 5.41) is 11.5. The van der Waals surface area contributed by atoms with Gasteiger partial charge in [0.05, 0.1) is 5.54 Å². The molecule has 1 aliphatic heterocycles. The maximum Gasteiger partial charge on any atom is 0.224 e. The average Bonchev–Trinajstić information content (AvgIpc) is 3.37. The highest BCUT2D eigenvalue weighted by atomic mass is 16.2. The van der Waals surface area contributed by atoms with Crippen molar-refractivity contribution in [3.05, 3.63) is 84.4 Å². The maximum atomic E-state index is 13.3. The van der Waals surface area contributed by atoms with E-state index in [9.17, 15) is 4.79 Å². The fourth-order valence-electron chi connectivity index (χ4n) is 5.25. The summed E-state index contributed by atoms with van der Waals surface area (Å²) in [7, 11) is 0. The lowest BCUT2D eigenvalue weighted by atomic mass is 9.77. The SMILES string of the molecule is O=C(NC(CCN1CCC(n2cnnc2)CC1)(c1ccccc1)c1ccccc1)C1CCC1. The number of rotatable bonds is 8. The summed E-state index contributed by atoms with van der Waals surface area (Å²) in [5.41, 5.74) is 1.78. The number of carbonyl (C=O) groups is 1. The van der Waals surface area contributed by atoms with Gasteiger partial charge in [0.25, 0.3) is 0 Å². The predicted octanol–water partition coefficient (Wildman–Crippen LogP) is 4.17. The second kappa shape index (κ2) is 9.87. The Morgan fingerprint density at radius 2 is 1.45 bits per heavy atom. The molecule has 33 heavy (non-hydrogen) atoms. The van der Waals surface area contributed by atoms with Crippen LogP contribution in [0.25, 0.3) is 0 Å². The Hall–Kier alpha value is -2.99. The highest BCUT2D eigenvalue weighted by molar-refractivity contribution is 5.81. The third-order valence-electron chi connectivity index (χ3n) is 7.56. The number of nitrogens with one attached hydrogen (secondary N) is 1. The van der Waals surface area contributed by atoms with Crippen molar-refractivity contribution in [2.24, 2.45) is 5.92 Å². The Morgan fingerprint density at radius 1 is 0.879 bits per heavy atom. The van der Waals surface area contributed by atoms with E-state index >= 15 is 0 Å². The van der Waals surface area contributed by atoms with Crippen LogP contribution in [-0.2, 0) is 10.3 Å². The molecule has 0 radical (unpaired) electrons. The molecule has 2 heterocycles. The number of hydrogen-bond donors (Lipinski definition) is 1. The third kappa shape index (κ3) is 4.71. The van der Waals surface area contributed by atoms with Crippen molar-refractivity contribution in [3.63, 3.8) is 0 Å². The normalized spacial score (nSPS) is 18.1. The van der Waals surface area contributed by atoms with Gasteiger partial charge in [-0.2, -0.15) is 0 Å². The van der Waals surface area contributed by atoms with E-state index in [2.05, 4.69) is 73.5 Å². The van der Waals surface area contributed by atoms with Crippen molar-refractivity contribution in [2.75, 3.05) is 19.6 Å². The van der Waals surface area contributed by atoms with Gasteiger partial charge in [0, 0.05) is 31.6 Å². The van der Waals surface area contributed by atoms with Crippen LogP contribution < -0.4 is 5.32 Å². The monoisotopic (exact) mass is 443 g/mol. The quantitative estimate of drug-likeness (QED) is 0.568. The Kier molecular flexibility index (Phi) is 6.53. The Bertz CT molecular complexity index is 970. The van der Waals surface area contributed by atoms with E-state index in [4.69, 9.17) is 0 Å². The van der Waals surface area contributed by atoms with Gasteiger partial charge in [0.1, 0.15) is 12.7 Å². The summed E-state index contributed by atoms with van der Waals surface area (Å²) in [6.07, 6.45) is 9.84. The van der Waals surface area contributed by atoms with E-state index in [1.807, 2.05) is 24.8 Å². The van der Waals surface area contributed by atoms with Crippen molar-refractivity contribution in [3.8, 4) is 0 Å². The van der Waals surface area contributed by atoms with Gasteiger partial charge in [-0.3, -0.25) is 4.79 Å². The van der Waals surface area contributed by atoms with Crippen LogP contribution in [0.2, 0.25) is 0 Å². The van der Waals surface area contributed by atoms with Crippen molar-refractivity contribution in [1.29, 1.82) is 0 Å². The van der Waals surface area contributed by atoms with Crippen molar-refractivity contribution < 1.29 is 4.79 Å². The molecule has 1 amide bonds. The van der Waals surface area contributed by atoms with Crippen molar-refractivity contribution in [2.45, 2.75) is 50.1 Å². The van der Waals surface area contributed by atoms with Crippen LogP contribution in [0.4, 0.5) is 0 Å². The number of carbonyl (C=O) groups excluding carboxylic acids is 1. The van der Waals surface area contributed by atoms with Crippen LogP contribution in [-0.4, -0.2) is 45.2 Å². The summed E-state index contributed by atoms with van der Waals surface area (Å²) in [4.78, 5) is 15.8. The maximum absolute atomic E-state index is 13.3. The molecule has 2 aromatic carbocycles. The minimum absolute atomic E-state index is 0.149. The molecule has 0 unspecified atom stereocenters. The predicted molar refractivity (Wildman–Crippen MR) is 128 cm³/mol. The number of hydrogen-bond acceptors (Lipinski definition) is 4. The number of nitrogens with zero attached hydrogens (tertiary/aromatic N) is 4. The van der Waals surface area contributed by atoms with Gasteiger partial charge in [0.15, 0.2) is 0 Å². The van der Waals surface area contributed by atoms with E-state index in [-0.39, 0.29) is 11.8 Å². The highest BCUT2D eigenvalue weighted by Crippen LogP contribution is 2.36. The lowest BCUT2D eigenvalue weighted by Gasteiger charge is -2.41. The molecule has 2 fully saturated rings. The first kappa shape index (κ1) is 21.8. The number of piperidine rings is 1. The smallest absolute Gasteiger partial charge is 0.224 e. The minimum atomic E-state index is -0.527. The number of benzene rings is 2. The van der Waals surface area contributed by atoms with Gasteiger partial charge in [-0.05, 0) is 43.2 Å². The zero-order valence-corrected chi connectivity index (χ0v) is 19.1. The minimum Gasteiger partial charge on any atom is -0.342 e. The molecule has 0 bridgehead atoms. The van der Waals surface area contributed by atoms with Crippen LogP contribution in [0.3, 0.4) is 0 Å². The fourth-order valence-corrected chi connectivity index (χ4v) is 5.25. The molecule has 172 valence electrons. The molecule has 3 aromatic rings. The first-order chi connectivity index (χ1) is 16.2. The topological polar surface area (TPSA) is 63.1 Å². The molecule has 5 rings (SSSR count). The standard InChI is InChI=1S/C27H33N5O/c33-26(22-8-7-9-22)30-27(23-10-3-1-4-11-23,24-12-5-2-6-13-24)16-19-31-17-14-25(15-18-31)32-20-28-29-21-32/h1-6,10-13,20-22,25H,7-9,14-19H2,(H,30,33).